The number of hydrogen-bond acceptors (Lipinski definition) is 4. The number of halogens is 1. The summed E-state index contributed by atoms with van der Waals surface area (Å²) in [5, 5.41) is 14.3. The molecular weight excluding hydrogens is 460 g/mol. The number of likely N-dealkylation sites (tertiary alicyclic amines) is 1. The van der Waals surface area contributed by atoms with E-state index in [4.69, 9.17) is 16.7 Å². The molecule has 5 rings (SSSR count). The van der Waals surface area contributed by atoms with E-state index in [1.807, 2.05) is 36.5 Å². The van der Waals surface area contributed by atoms with Gasteiger partial charge in [-0.05, 0) is 69.4 Å². The Bertz CT molecular complexity index is 1440. The molecule has 0 aliphatic carbocycles. The van der Waals surface area contributed by atoms with Crippen molar-refractivity contribution < 1.29 is 4.79 Å². The Labute approximate surface area is 209 Å². The van der Waals surface area contributed by atoms with Crippen LogP contribution < -0.4 is 0 Å². The number of nitrogens with one attached hydrogen (secondary N) is 1. The zero-order chi connectivity index (χ0) is 24.9. The lowest BCUT2D eigenvalue weighted by Crippen LogP contribution is -2.38. The minimum Gasteiger partial charge on any atom is -0.339 e. The van der Waals surface area contributed by atoms with Gasteiger partial charge in [-0.1, -0.05) is 18.2 Å². The van der Waals surface area contributed by atoms with Gasteiger partial charge in [0.2, 0.25) is 5.91 Å². The van der Waals surface area contributed by atoms with Crippen molar-refractivity contribution in [1.29, 1.82) is 0 Å². The normalized spacial score (nSPS) is 14.6. The lowest BCUT2D eigenvalue weighted by molar-refractivity contribution is -0.127. The molecule has 1 aliphatic heterocycles. The number of fused-ring (bicyclic) bond motifs is 1. The second-order valence-electron chi connectivity index (χ2n) is 9.38. The highest BCUT2D eigenvalue weighted by atomic mass is 35.5. The number of aromatic nitrogens is 5. The molecule has 1 N–H and O–H groups in total. The van der Waals surface area contributed by atoms with Crippen LogP contribution in [0.2, 0.25) is 5.02 Å². The van der Waals surface area contributed by atoms with Gasteiger partial charge in [0, 0.05) is 53.3 Å². The monoisotopic (exact) mass is 488 g/mol. The second kappa shape index (κ2) is 8.96. The number of nitrogens with zero attached hydrogens (tertiary/aromatic N) is 5. The number of rotatable bonds is 4. The highest BCUT2D eigenvalue weighted by Gasteiger charge is 2.30. The summed E-state index contributed by atoms with van der Waals surface area (Å²) in [7, 11) is 0. The van der Waals surface area contributed by atoms with E-state index in [0.29, 0.717) is 18.1 Å². The van der Waals surface area contributed by atoms with Gasteiger partial charge in [-0.3, -0.25) is 19.6 Å². The van der Waals surface area contributed by atoms with Gasteiger partial charge >= 0.3 is 0 Å². The summed E-state index contributed by atoms with van der Waals surface area (Å²) < 4.78 is 2.14. The molecule has 3 aromatic heterocycles. The Kier molecular flexibility index (Phi) is 5.97. The Morgan fingerprint density at radius 2 is 1.74 bits per heavy atom. The van der Waals surface area contributed by atoms with Crippen molar-refractivity contribution in [3.8, 4) is 22.4 Å². The minimum atomic E-state index is -0.0149. The third-order valence-corrected chi connectivity index (χ3v) is 7.61. The summed E-state index contributed by atoms with van der Waals surface area (Å²) >= 11 is 7.00. The lowest BCUT2D eigenvalue weighted by Gasteiger charge is -2.32. The number of amides is 1. The fourth-order valence-electron chi connectivity index (χ4n) is 5.33. The first-order valence-electron chi connectivity index (χ1n) is 11.9. The average Bonchev–Trinajstić information content (AvgIpc) is 3.44. The van der Waals surface area contributed by atoms with E-state index >= 15 is 0 Å². The molecule has 8 heteroatoms. The van der Waals surface area contributed by atoms with Crippen LogP contribution in [0.1, 0.15) is 41.3 Å². The summed E-state index contributed by atoms with van der Waals surface area (Å²) in [6, 6.07) is 2.21. The number of benzene rings is 1. The lowest BCUT2D eigenvalue weighted by atomic mass is 9.92. The van der Waals surface area contributed by atoms with E-state index in [0.717, 1.165) is 68.5 Å². The molecule has 1 amide bonds. The van der Waals surface area contributed by atoms with E-state index in [2.05, 4.69) is 47.2 Å². The van der Waals surface area contributed by atoms with Crippen LogP contribution in [0.4, 0.5) is 0 Å². The maximum Gasteiger partial charge on any atom is 0.245 e. The molecule has 35 heavy (non-hydrogen) atoms. The van der Waals surface area contributed by atoms with Gasteiger partial charge in [0.05, 0.1) is 22.8 Å². The van der Waals surface area contributed by atoms with Crippen molar-refractivity contribution in [3.05, 3.63) is 64.7 Å². The molecule has 1 aliphatic rings. The molecule has 0 atom stereocenters. The molecule has 4 aromatic rings. The van der Waals surface area contributed by atoms with Crippen LogP contribution in [-0.2, 0) is 4.79 Å². The quantitative estimate of drug-likeness (QED) is 0.372. The Balaban J connectivity index is 1.73. The topological polar surface area (TPSA) is 79.7 Å². The Hall–Kier alpha value is -3.45. The molecule has 0 spiro atoms. The van der Waals surface area contributed by atoms with Gasteiger partial charge in [0.1, 0.15) is 5.69 Å². The Morgan fingerprint density at radius 3 is 2.40 bits per heavy atom. The molecule has 4 heterocycles. The number of H-pyrrole nitrogens is 1. The number of carbonyl (C=O) groups excluding carboxylic acids is 1. The standard InChI is InChI=1S/C27H29ClN6O/c1-6-22(35)33-9-7-19(8-10-33)34-18(5)24(27(32-34)23-16(3)12-29-13-17(23)4)25-20-14-30-31-21(20)11-15(2)26(25)28/h6,11-14,19H,1,7-10H2,2-5H3,(H,30,31). The maximum atomic E-state index is 12.1. The predicted octanol–water partition coefficient (Wildman–Crippen LogP) is 5.72. The summed E-state index contributed by atoms with van der Waals surface area (Å²) in [5.41, 5.74) is 9.06. The smallest absolute Gasteiger partial charge is 0.245 e. The molecule has 1 fully saturated rings. The minimum absolute atomic E-state index is 0.0149. The number of aromatic amines is 1. The molecule has 7 nitrogen and oxygen atoms in total. The molecule has 1 aromatic carbocycles. The number of pyridine rings is 1. The van der Waals surface area contributed by atoms with Crippen molar-refractivity contribution in [3.63, 3.8) is 0 Å². The van der Waals surface area contributed by atoms with Gasteiger partial charge in [-0.2, -0.15) is 10.2 Å². The number of aryl methyl sites for hydroxylation is 3. The van der Waals surface area contributed by atoms with Gasteiger partial charge in [0.25, 0.3) is 0 Å². The van der Waals surface area contributed by atoms with Crippen LogP contribution in [0.5, 0.6) is 0 Å². The first kappa shape index (κ1) is 23.3. The highest BCUT2D eigenvalue weighted by Crippen LogP contribution is 2.45. The largest absolute Gasteiger partial charge is 0.339 e. The third kappa shape index (κ3) is 3.84. The summed E-state index contributed by atoms with van der Waals surface area (Å²) in [6.45, 7) is 13.3. The van der Waals surface area contributed by atoms with Gasteiger partial charge in [-0.25, -0.2) is 0 Å². The summed E-state index contributed by atoms with van der Waals surface area (Å²) in [6.07, 6.45) is 8.65. The zero-order valence-corrected chi connectivity index (χ0v) is 21.3. The molecular formula is C27H29ClN6O. The fourth-order valence-corrected chi connectivity index (χ4v) is 5.58. The van der Waals surface area contributed by atoms with Crippen molar-refractivity contribution in [2.75, 3.05) is 13.1 Å². The van der Waals surface area contributed by atoms with E-state index in [-0.39, 0.29) is 11.9 Å². The van der Waals surface area contributed by atoms with E-state index < -0.39 is 0 Å². The molecule has 0 saturated carbocycles. The van der Waals surface area contributed by atoms with Gasteiger partial charge in [0.15, 0.2) is 0 Å². The summed E-state index contributed by atoms with van der Waals surface area (Å²) in [5.74, 6) is -0.0149. The Morgan fingerprint density at radius 1 is 1.06 bits per heavy atom. The first-order chi connectivity index (χ1) is 16.8. The van der Waals surface area contributed by atoms with Crippen LogP contribution >= 0.6 is 11.6 Å². The SMILES string of the molecule is C=CC(=O)N1CCC(n2nc(-c3c(C)cncc3C)c(-c3c(Cl)c(C)cc4[nH]ncc34)c2C)CC1. The average molecular weight is 489 g/mol. The first-order valence-corrected chi connectivity index (χ1v) is 12.2. The number of hydrogen-bond donors (Lipinski definition) is 1. The highest BCUT2D eigenvalue weighted by molar-refractivity contribution is 6.36. The van der Waals surface area contributed by atoms with Crippen molar-refractivity contribution >= 4 is 28.4 Å². The van der Waals surface area contributed by atoms with E-state index in [1.165, 1.54) is 6.08 Å². The van der Waals surface area contributed by atoms with Crippen molar-refractivity contribution in [1.82, 2.24) is 29.9 Å². The van der Waals surface area contributed by atoms with Crippen LogP contribution in [-0.4, -0.2) is 48.9 Å². The maximum absolute atomic E-state index is 12.1. The van der Waals surface area contributed by atoms with Crippen LogP contribution in [0, 0.1) is 27.7 Å². The molecule has 180 valence electrons. The molecule has 0 bridgehead atoms. The molecule has 0 radical (unpaired) electrons. The van der Waals surface area contributed by atoms with Crippen LogP contribution in [0.3, 0.4) is 0 Å². The fraction of sp³-hybridized carbons (Fsp3) is 0.333. The van der Waals surface area contributed by atoms with Gasteiger partial charge in [-0.15, -0.1) is 0 Å². The van der Waals surface area contributed by atoms with Crippen molar-refractivity contribution in [2.45, 2.75) is 46.6 Å². The van der Waals surface area contributed by atoms with E-state index in [9.17, 15) is 4.79 Å². The predicted molar refractivity (Wildman–Crippen MR) is 140 cm³/mol. The van der Waals surface area contributed by atoms with Crippen LogP contribution in [0.25, 0.3) is 33.3 Å². The van der Waals surface area contributed by atoms with Gasteiger partial charge < -0.3 is 4.90 Å². The molecule has 1 saturated heterocycles. The van der Waals surface area contributed by atoms with E-state index in [1.54, 1.807) is 0 Å². The number of carbonyl (C=O) groups is 1. The van der Waals surface area contributed by atoms with Crippen LogP contribution in [0.15, 0.2) is 37.3 Å². The second-order valence-corrected chi connectivity index (χ2v) is 9.75. The van der Waals surface area contributed by atoms with Crippen molar-refractivity contribution in [2.24, 2.45) is 0 Å². The zero-order valence-electron chi connectivity index (χ0n) is 20.5. The number of piperidine rings is 1. The summed E-state index contributed by atoms with van der Waals surface area (Å²) in [4.78, 5) is 18.3. The third-order valence-electron chi connectivity index (χ3n) is 7.12. The molecule has 0 unspecified atom stereocenters.